The molecule has 39 heavy (non-hydrogen) atoms. The number of pyridine rings is 1. The van der Waals surface area contributed by atoms with Crippen LogP contribution in [0.3, 0.4) is 0 Å². The molecule has 1 amide bonds. The molecule has 1 saturated heterocycles. The number of carbonyl (C=O) groups excluding carboxylic acids is 1. The molecule has 1 aliphatic rings. The number of nitrogens with zero attached hydrogens (tertiary/aromatic N) is 3. The Morgan fingerprint density at radius 3 is 2.64 bits per heavy atom. The minimum absolute atomic E-state index is 0.0106. The highest BCUT2D eigenvalue weighted by Gasteiger charge is 2.41. The van der Waals surface area contributed by atoms with Crippen LogP contribution in [-0.4, -0.2) is 32.4 Å². The molecule has 1 aliphatic heterocycles. The van der Waals surface area contributed by atoms with Gasteiger partial charge in [0.25, 0.3) is 5.69 Å². The highest BCUT2D eigenvalue weighted by atomic mass is 32.1. The minimum atomic E-state index is -0.436. The number of aryl methyl sites for hydroxylation is 2. The number of nitrogens with one attached hydrogen (secondary N) is 2. The Morgan fingerprint density at radius 2 is 1.92 bits per heavy atom. The Bertz CT molecular complexity index is 1520. The van der Waals surface area contributed by atoms with E-state index in [1.54, 1.807) is 18.3 Å². The number of rotatable bonds is 8. The number of anilines is 1. The zero-order valence-corrected chi connectivity index (χ0v) is 22.3. The summed E-state index contributed by atoms with van der Waals surface area (Å²) in [5.74, 6) is 1.10. The van der Waals surface area contributed by atoms with Gasteiger partial charge in [-0.3, -0.25) is 19.9 Å². The highest BCUT2D eigenvalue weighted by molar-refractivity contribution is 7.80. The lowest BCUT2D eigenvalue weighted by Gasteiger charge is -2.26. The Kier molecular flexibility index (Phi) is 7.38. The molecule has 2 aromatic heterocycles. The number of thiocarbonyl (C=S) groups is 1. The van der Waals surface area contributed by atoms with Gasteiger partial charge in [0.1, 0.15) is 17.6 Å². The molecule has 0 aliphatic carbocycles. The van der Waals surface area contributed by atoms with Crippen molar-refractivity contribution in [2.45, 2.75) is 32.4 Å². The summed E-state index contributed by atoms with van der Waals surface area (Å²) in [4.78, 5) is 30.0. The number of nitro groups is 1. The second-order valence-corrected chi connectivity index (χ2v) is 9.83. The predicted molar refractivity (Wildman–Crippen MR) is 152 cm³/mol. The molecule has 5 rings (SSSR count). The van der Waals surface area contributed by atoms with Crippen LogP contribution in [0.25, 0.3) is 11.3 Å². The lowest BCUT2D eigenvalue weighted by Crippen LogP contribution is -2.32. The van der Waals surface area contributed by atoms with Crippen LogP contribution in [0.4, 0.5) is 11.4 Å². The SMILES string of the molecule is Cc1ccc(C)c(NC(=O)CCN2C(=S)N[C@H](c3ccccn3)[C@H]2c2ccc(-c3ccc([N+](=O)[O-])cc3)o2)c1. The fourth-order valence-corrected chi connectivity index (χ4v) is 5.01. The van der Waals surface area contributed by atoms with Crippen molar-refractivity contribution in [3.8, 4) is 11.3 Å². The summed E-state index contributed by atoms with van der Waals surface area (Å²) in [5, 5.41) is 17.9. The minimum Gasteiger partial charge on any atom is -0.459 e. The van der Waals surface area contributed by atoms with Gasteiger partial charge in [-0.05, 0) is 79.7 Å². The first-order valence-electron chi connectivity index (χ1n) is 12.5. The lowest BCUT2D eigenvalue weighted by atomic mass is 10.0. The molecule has 0 saturated carbocycles. The molecule has 0 spiro atoms. The molecule has 9 nitrogen and oxygen atoms in total. The number of nitro benzene ring substituents is 1. The largest absolute Gasteiger partial charge is 0.459 e. The maximum absolute atomic E-state index is 12.9. The van der Waals surface area contributed by atoms with E-state index in [1.165, 1.54) is 12.1 Å². The summed E-state index contributed by atoms with van der Waals surface area (Å²) in [7, 11) is 0. The number of aromatic nitrogens is 1. The molecular formula is C29H27N5O4S. The zero-order valence-electron chi connectivity index (χ0n) is 21.5. The normalized spacial score (nSPS) is 16.7. The molecule has 2 N–H and O–H groups in total. The van der Waals surface area contributed by atoms with Crippen LogP contribution in [0.15, 0.2) is 83.4 Å². The van der Waals surface area contributed by atoms with Crippen molar-refractivity contribution in [3.63, 3.8) is 0 Å². The van der Waals surface area contributed by atoms with Gasteiger partial charge in [-0.1, -0.05) is 18.2 Å². The maximum atomic E-state index is 12.9. The fraction of sp³-hybridized carbons (Fsp3) is 0.207. The van der Waals surface area contributed by atoms with Crippen molar-refractivity contribution >= 4 is 34.6 Å². The second-order valence-electron chi connectivity index (χ2n) is 9.44. The third kappa shape index (κ3) is 5.65. The first kappa shape index (κ1) is 26.1. The number of carbonyl (C=O) groups is 1. The van der Waals surface area contributed by atoms with E-state index in [2.05, 4.69) is 15.6 Å². The first-order valence-corrected chi connectivity index (χ1v) is 12.9. The molecule has 2 aromatic carbocycles. The highest BCUT2D eigenvalue weighted by Crippen LogP contribution is 2.40. The van der Waals surface area contributed by atoms with E-state index in [4.69, 9.17) is 16.6 Å². The van der Waals surface area contributed by atoms with Gasteiger partial charge in [-0.25, -0.2) is 0 Å². The third-order valence-electron chi connectivity index (χ3n) is 6.73. The number of furan rings is 1. The van der Waals surface area contributed by atoms with Gasteiger partial charge in [-0.2, -0.15) is 0 Å². The first-order chi connectivity index (χ1) is 18.8. The van der Waals surface area contributed by atoms with Crippen molar-refractivity contribution in [2.24, 2.45) is 0 Å². The molecule has 198 valence electrons. The summed E-state index contributed by atoms with van der Waals surface area (Å²) in [6.07, 6.45) is 1.94. The van der Waals surface area contributed by atoms with Gasteiger partial charge in [-0.15, -0.1) is 0 Å². The van der Waals surface area contributed by atoms with E-state index in [9.17, 15) is 14.9 Å². The van der Waals surface area contributed by atoms with Crippen LogP contribution in [0.5, 0.6) is 0 Å². The molecule has 1 fully saturated rings. The zero-order chi connectivity index (χ0) is 27.5. The fourth-order valence-electron chi connectivity index (χ4n) is 4.67. The van der Waals surface area contributed by atoms with Gasteiger partial charge >= 0.3 is 0 Å². The smallest absolute Gasteiger partial charge is 0.269 e. The molecule has 0 unspecified atom stereocenters. The lowest BCUT2D eigenvalue weighted by molar-refractivity contribution is -0.384. The number of hydrogen-bond acceptors (Lipinski definition) is 6. The van der Waals surface area contributed by atoms with Crippen molar-refractivity contribution in [2.75, 3.05) is 11.9 Å². The third-order valence-corrected chi connectivity index (χ3v) is 7.08. The monoisotopic (exact) mass is 541 g/mol. The Labute approximate surface area is 231 Å². The summed E-state index contributed by atoms with van der Waals surface area (Å²) in [6, 6.07) is 20.9. The molecule has 0 radical (unpaired) electrons. The summed E-state index contributed by atoms with van der Waals surface area (Å²) < 4.78 is 6.28. The summed E-state index contributed by atoms with van der Waals surface area (Å²) in [5.41, 5.74) is 4.38. The Morgan fingerprint density at radius 1 is 1.13 bits per heavy atom. The van der Waals surface area contributed by atoms with Crippen LogP contribution in [-0.2, 0) is 4.79 Å². The molecular weight excluding hydrogens is 514 g/mol. The van der Waals surface area contributed by atoms with Crippen molar-refractivity contribution < 1.29 is 14.1 Å². The average molecular weight is 542 g/mol. The van der Waals surface area contributed by atoms with Crippen LogP contribution in [0, 0.1) is 24.0 Å². The summed E-state index contributed by atoms with van der Waals surface area (Å²) >= 11 is 5.70. The van der Waals surface area contributed by atoms with Crippen LogP contribution >= 0.6 is 12.2 Å². The average Bonchev–Trinajstić information content (AvgIpc) is 3.54. The van der Waals surface area contributed by atoms with E-state index >= 15 is 0 Å². The predicted octanol–water partition coefficient (Wildman–Crippen LogP) is 5.87. The van der Waals surface area contributed by atoms with Gasteiger partial charge in [0.05, 0.1) is 16.7 Å². The van der Waals surface area contributed by atoms with Crippen molar-refractivity contribution in [3.05, 3.63) is 112 Å². The van der Waals surface area contributed by atoms with Crippen molar-refractivity contribution in [1.82, 2.24) is 15.2 Å². The van der Waals surface area contributed by atoms with E-state index < -0.39 is 4.92 Å². The maximum Gasteiger partial charge on any atom is 0.269 e. The Hall–Kier alpha value is -4.57. The molecule has 4 aromatic rings. The second kappa shape index (κ2) is 11.0. The molecule has 2 atom stereocenters. The van der Waals surface area contributed by atoms with Gasteiger partial charge in [0.2, 0.25) is 5.91 Å². The molecule has 0 bridgehead atoms. The quantitative estimate of drug-likeness (QED) is 0.162. The van der Waals surface area contributed by atoms with Gasteiger partial charge < -0.3 is 20.0 Å². The van der Waals surface area contributed by atoms with Gasteiger partial charge in [0, 0.05) is 42.5 Å². The Balaban J connectivity index is 1.39. The van der Waals surface area contributed by atoms with Gasteiger partial charge in [0.15, 0.2) is 5.11 Å². The van der Waals surface area contributed by atoms with E-state index in [0.717, 1.165) is 22.5 Å². The van der Waals surface area contributed by atoms with E-state index in [0.29, 0.717) is 28.7 Å². The topological polar surface area (TPSA) is 114 Å². The van der Waals surface area contributed by atoms with E-state index in [1.807, 2.05) is 67.3 Å². The standard InChI is InChI=1S/C29H27N5O4S/c1-18-6-7-19(2)23(17-18)31-26(35)14-16-33-28(27(32-29(33)39)22-5-3-4-15-30-22)25-13-12-24(38-25)20-8-10-21(11-9-20)34(36)37/h3-13,15,17,27-28H,14,16H2,1-2H3,(H,31,35)(H,32,39)/t27-,28-/m1/s1. The van der Waals surface area contributed by atoms with Crippen LogP contribution in [0.1, 0.15) is 41.1 Å². The number of hydrogen-bond donors (Lipinski definition) is 2. The number of non-ortho nitro benzene ring substituents is 1. The molecule has 10 heteroatoms. The number of amides is 1. The number of benzene rings is 2. The van der Waals surface area contributed by atoms with Crippen LogP contribution in [0.2, 0.25) is 0 Å². The molecule has 3 heterocycles. The van der Waals surface area contributed by atoms with Crippen molar-refractivity contribution in [1.29, 1.82) is 0 Å². The summed E-state index contributed by atoms with van der Waals surface area (Å²) in [6.45, 7) is 4.31. The van der Waals surface area contributed by atoms with Crippen LogP contribution < -0.4 is 10.6 Å². The van der Waals surface area contributed by atoms with E-state index in [-0.39, 0.29) is 30.1 Å².